The van der Waals surface area contributed by atoms with Crippen molar-refractivity contribution in [3.63, 3.8) is 0 Å². The van der Waals surface area contributed by atoms with Crippen LogP contribution in [-0.4, -0.2) is 47.7 Å². The number of allylic oxidation sites excluding steroid dienone is 3. The predicted molar refractivity (Wildman–Crippen MR) is 213 cm³/mol. The van der Waals surface area contributed by atoms with E-state index in [1.54, 1.807) is 0 Å². The van der Waals surface area contributed by atoms with Gasteiger partial charge in [0.05, 0.1) is 5.56 Å². The van der Waals surface area contributed by atoms with Crippen molar-refractivity contribution in [3.8, 4) is 0 Å². The molecule has 7 rings (SSSR count). The van der Waals surface area contributed by atoms with Crippen molar-refractivity contribution in [3.05, 3.63) is 58.4 Å². The second-order valence-corrected chi connectivity index (χ2v) is 20.2. The van der Waals surface area contributed by atoms with E-state index in [0.717, 1.165) is 56.3 Å². The minimum Gasteiger partial charge on any atom is -0.655 e. The van der Waals surface area contributed by atoms with Gasteiger partial charge in [0.1, 0.15) is 0 Å². The average Bonchev–Trinajstić information content (AvgIpc) is 3.74. The molecule has 0 saturated heterocycles. The SMILES string of the molecule is C=C(C)C1CC[C@]2(C[N-]C3(CN(CC)CC)CC3)CCC3[C@H](CC[C@@H]4[C@@]5(C)CC=C(c6ccc(C(=O)O)cc6C(C)C)C(C)(C)[C@@H]5CC[C@@]34C)C12. The van der Waals surface area contributed by atoms with E-state index in [1.165, 1.54) is 86.5 Å². The molecule has 0 radical (unpaired) electrons. The molecule has 5 saturated carbocycles. The number of hydrogen-bond donors (Lipinski definition) is 1. The monoisotopic (exact) mass is 696 g/mol. The van der Waals surface area contributed by atoms with Crippen LogP contribution in [0.25, 0.3) is 10.9 Å². The highest BCUT2D eigenvalue weighted by Gasteiger charge is 2.66. The predicted octanol–water partition coefficient (Wildman–Crippen LogP) is 12.0. The summed E-state index contributed by atoms with van der Waals surface area (Å²) in [6.45, 7) is 31.0. The first-order chi connectivity index (χ1) is 24.1. The van der Waals surface area contributed by atoms with Crippen LogP contribution in [0.4, 0.5) is 0 Å². The Morgan fingerprint density at radius 2 is 1.65 bits per heavy atom. The average molecular weight is 696 g/mol. The number of benzene rings is 1. The number of likely N-dealkylation sites (N-methyl/N-ethyl adjacent to an activating group) is 1. The molecule has 1 aromatic rings. The molecule has 282 valence electrons. The van der Waals surface area contributed by atoms with Crippen molar-refractivity contribution >= 4 is 11.5 Å². The number of nitrogens with zero attached hydrogens (tertiary/aromatic N) is 2. The van der Waals surface area contributed by atoms with Crippen LogP contribution < -0.4 is 0 Å². The number of hydrogen-bond acceptors (Lipinski definition) is 2. The molecular weight excluding hydrogens is 625 g/mol. The standard InChI is InChI=1S/C47H71N2O2/c1-11-49(12-2)29-47(25-26-47)48-28-46-23-17-33(30(3)4)41(46)35-15-16-40-44(9,38(35)19-24-46)22-20-39-43(7,8)37(18-21-45(39,40)10)34-14-13-32(42(50)51)27-36(34)31(5)6/h13-14,18,27,31,33,35,38-41H,3,11-12,15-17,19-26,28-29H2,1-2,4-10H3,(H,50,51)/q-1/t33?,35-,38?,39-,40-,41?,44-,45-,46+/m0/s1. The van der Waals surface area contributed by atoms with Gasteiger partial charge in [-0.25, -0.2) is 4.79 Å². The number of carboxylic acid groups (broad SMARTS) is 1. The molecular formula is C47H71N2O2-. The largest absolute Gasteiger partial charge is 0.655 e. The summed E-state index contributed by atoms with van der Waals surface area (Å²) < 4.78 is 0. The molecule has 0 amide bonds. The van der Waals surface area contributed by atoms with Gasteiger partial charge in [-0.15, -0.1) is 12.1 Å². The Morgan fingerprint density at radius 3 is 2.27 bits per heavy atom. The third kappa shape index (κ3) is 5.94. The van der Waals surface area contributed by atoms with Crippen LogP contribution in [0.3, 0.4) is 0 Å². The van der Waals surface area contributed by atoms with Crippen molar-refractivity contribution in [1.29, 1.82) is 0 Å². The van der Waals surface area contributed by atoms with Gasteiger partial charge in [-0.3, -0.25) is 0 Å². The number of carboxylic acids is 1. The van der Waals surface area contributed by atoms with Gasteiger partial charge in [0.2, 0.25) is 0 Å². The van der Waals surface area contributed by atoms with Gasteiger partial charge in [0, 0.05) is 0 Å². The van der Waals surface area contributed by atoms with Gasteiger partial charge < -0.3 is 15.3 Å². The molecule has 5 fully saturated rings. The molecule has 0 spiro atoms. The molecule has 0 heterocycles. The van der Waals surface area contributed by atoms with Gasteiger partial charge in [-0.1, -0.05) is 92.5 Å². The zero-order valence-electron chi connectivity index (χ0n) is 33.9. The summed E-state index contributed by atoms with van der Waals surface area (Å²) in [5.41, 5.74) is 7.07. The highest BCUT2D eigenvalue weighted by atomic mass is 16.4. The summed E-state index contributed by atoms with van der Waals surface area (Å²) in [5.74, 6) is 3.84. The van der Waals surface area contributed by atoms with E-state index in [-0.39, 0.29) is 22.3 Å². The van der Waals surface area contributed by atoms with Crippen molar-refractivity contribution < 1.29 is 9.90 Å². The Bertz CT molecular complexity index is 1550. The zero-order valence-corrected chi connectivity index (χ0v) is 33.9. The number of carbonyl (C=O) groups is 1. The van der Waals surface area contributed by atoms with Crippen LogP contribution in [0.1, 0.15) is 160 Å². The van der Waals surface area contributed by atoms with Crippen molar-refractivity contribution in [2.75, 3.05) is 26.2 Å². The summed E-state index contributed by atoms with van der Waals surface area (Å²) in [5, 5.41) is 15.5. The molecule has 0 bridgehead atoms. The fourth-order valence-corrected chi connectivity index (χ4v) is 14.4. The Morgan fingerprint density at radius 1 is 0.941 bits per heavy atom. The summed E-state index contributed by atoms with van der Waals surface area (Å²) in [6.07, 6.45) is 17.2. The van der Waals surface area contributed by atoms with E-state index < -0.39 is 5.97 Å². The van der Waals surface area contributed by atoms with E-state index in [1.807, 2.05) is 12.1 Å². The Hall–Kier alpha value is -1.91. The fraction of sp³-hybridized carbons (Fsp3) is 0.766. The molecule has 51 heavy (non-hydrogen) atoms. The fourth-order valence-electron chi connectivity index (χ4n) is 14.4. The Kier molecular flexibility index (Phi) is 9.64. The maximum atomic E-state index is 11.9. The summed E-state index contributed by atoms with van der Waals surface area (Å²) in [7, 11) is 0. The van der Waals surface area contributed by atoms with Crippen LogP contribution in [0.5, 0.6) is 0 Å². The lowest BCUT2D eigenvalue weighted by Gasteiger charge is -2.69. The molecule has 6 aliphatic carbocycles. The van der Waals surface area contributed by atoms with Crippen LogP contribution in [0.2, 0.25) is 0 Å². The third-order valence-corrected chi connectivity index (χ3v) is 17.1. The molecule has 0 aliphatic heterocycles. The molecule has 4 heteroatoms. The van der Waals surface area contributed by atoms with E-state index in [2.05, 4.69) is 85.9 Å². The molecule has 6 aliphatic rings. The first kappa shape index (κ1) is 37.4. The van der Waals surface area contributed by atoms with Crippen LogP contribution in [0, 0.1) is 57.2 Å². The van der Waals surface area contributed by atoms with Crippen molar-refractivity contribution in [1.82, 2.24) is 4.90 Å². The highest BCUT2D eigenvalue weighted by molar-refractivity contribution is 5.89. The highest BCUT2D eigenvalue weighted by Crippen LogP contribution is 2.74. The molecule has 0 aromatic heterocycles. The van der Waals surface area contributed by atoms with Gasteiger partial charge in [0.25, 0.3) is 0 Å². The molecule has 9 atom stereocenters. The second-order valence-electron chi connectivity index (χ2n) is 20.2. The number of rotatable bonds is 11. The third-order valence-electron chi connectivity index (χ3n) is 17.1. The van der Waals surface area contributed by atoms with Gasteiger partial charge in [-0.05, 0) is 176 Å². The first-order valence-electron chi connectivity index (χ1n) is 21.2. The minimum absolute atomic E-state index is 0.0309. The van der Waals surface area contributed by atoms with E-state index in [9.17, 15) is 9.90 Å². The van der Waals surface area contributed by atoms with Crippen LogP contribution >= 0.6 is 0 Å². The zero-order chi connectivity index (χ0) is 36.7. The van der Waals surface area contributed by atoms with E-state index in [4.69, 9.17) is 5.32 Å². The number of fused-ring (bicyclic) bond motifs is 7. The maximum absolute atomic E-state index is 11.9. The lowest BCUT2D eigenvalue weighted by atomic mass is 9.36. The topological polar surface area (TPSA) is 54.6 Å². The minimum atomic E-state index is -0.835. The lowest BCUT2D eigenvalue weighted by Crippen LogP contribution is -2.61. The molecule has 3 unspecified atom stereocenters. The van der Waals surface area contributed by atoms with E-state index >= 15 is 0 Å². The normalized spacial score (nSPS) is 39.1. The summed E-state index contributed by atoms with van der Waals surface area (Å²) in [6, 6.07) is 5.90. The summed E-state index contributed by atoms with van der Waals surface area (Å²) in [4.78, 5) is 14.5. The van der Waals surface area contributed by atoms with E-state index in [0.29, 0.717) is 28.2 Å². The maximum Gasteiger partial charge on any atom is 0.335 e. The quantitative estimate of drug-likeness (QED) is 0.234. The second kappa shape index (κ2) is 13.1. The first-order valence-corrected chi connectivity index (χ1v) is 21.2. The van der Waals surface area contributed by atoms with Gasteiger partial charge in [-0.2, -0.15) is 0 Å². The molecule has 4 nitrogen and oxygen atoms in total. The summed E-state index contributed by atoms with van der Waals surface area (Å²) >= 11 is 0. The Balaban J connectivity index is 1.17. The van der Waals surface area contributed by atoms with Gasteiger partial charge in [0.15, 0.2) is 0 Å². The van der Waals surface area contributed by atoms with Gasteiger partial charge >= 0.3 is 5.97 Å². The molecule has 1 N–H and O–H groups in total. The van der Waals surface area contributed by atoms with Crippen LogP contribution in [0.15, 0.2) is 36.4 Å². The van der Waals surface area contributed by atoms with Crippen LogP contribution in [-0.2, 0) is 0 Å². The number of aromatic carboxylic acids is 1. The molecule has 1 aromatic carbocycles. The lowest BCUT2D eigenvalue weighted by molar-refractivity contribution is -0.179. The smallest absolute Gasteiger partial charge is 0.335 e. The Labute approximate surface area is 311 Å². The van der Waals surface area contributed by atoms with Crippen molar-refractivity contribution in [2.24, 2.45) is 57.2 Å². The van der Waals surface area contributed by atoms with Crippen molar-refractivity contribution in [2.45, 2.75) is 144 Å².